The molecule has 0 radical (unpaired) electrons. The number of carbonyl (C=O) groups excluding carboxylic acids is 1. The van der Waals surface area contributed by atoms with E-state index in [0.717, 1.165) is 19.6 Å². The van der Waals surface area contributed by atoms with Gasteiger partial charge in [-0.25, -0.2) is 0 Å². The van der Waals surface area contributed by atoms with Crippen molar-refractivity contribution in [3.8, 4) is 0 Å². The highest BCUT2D eigenvalue weighted by Crippen LogP contribution is 2.06. The molecule has 1 aliphatic rings. The lowest BCUT2D eigenvalue weighted by molar-refractivity contribution is -0.148. The van der Waals surface area contributed by atoms with Crippen LogP contribution in [0.1, 0.15) is 13.8 Å². The molecule has 1 heterocycles. The molecule has 0 aliphatic carbocycles. The molecule has 2 unspecified atom stereocenters. The zero-order chi connectivity index (χ0) is 9.68. The summed E-state index contributed by atoms with van der Waals surface area (Å²) < 4.78 is 4.95. The maximum Gasteiger partial charge on any atom is 0.310 e. The van der Waals surface area contributed by atoms with Crippen molar-refractivity contribution in [2.24, 2.45) is 5.92 Å². The predicted octanol–water partition coefficient (Wildman–Crippen LogP) is -0.253. The Labute approximate surface area is 79.0 Å². The lowest BCUT2D eigenvalue weighted by Crippen LogP contribution is -2.53. The molecule has 1 rings (SSSR count). The van der Waals surface area contributed by atoms with E-state index < -0.39 is 0 Å². The van der Waals surface area contributed by atoms with Gasteiger partial charge >= 0.3 is 5.97 Å². The van der Waals surface area contributed by atoms with Crippen molar-refractivity contribution in [2.75, 3.05) is 26.2 Å². The molecule has 1 aliphatic heterocycles. The molecule has 0 aromatic heterocycles. The first-order valence-corrected chi connectivity index (χ1v) is 4.86. The second-order valence-corrected chi connectivity index (χ2v) is 3.31. The van der Waals surface area contributed by atoms with Gasteiger partial charge in [0.05, 0.1) is 12.5 Å². The summed E-state index contributed by atoms with van der Waals surface area (Å²) >= 11 is 0. The Morgan fingerprint density at radius 3 is 2.92 bits per heavy atom. The van der Waals surface area contributed by atoms with Crippen LogP contribution < -0.4 is 10.6 Å². The number of ether oxygens (including phenoxy) is 1. The van der Waals surface area contributed by atoms with Crippen LogP contribution in [0.15, 0.2) is 0 Å². The molecule has 76 valence electrons. The highest BCUT2D eigenvalue weighted by atomic mass is 16.5. The SMILES string of the molecule is CCOC(=O)C(C)C1CNCCN1. The number of rotatable bonds is 3. The summed E-state index contributed by atoms with van der Waals surface area (Å²) in [7, 11) is 0. The summed E-state index contributed by atoms with van der Waals surface area (Å²) in [6.07, 6.45) is 0. The minimum absolute atomic E-state index is 0.0623. The molecular formula is C9H18N2O2. The summed E-state index contributed by atoms with van der Waals surface area (Å²) in [4.78, 5) is 11.4. The lowest BCUT2D eigenvalue weighted by Gasteiger charge is -2.28. The molecular weight excluding hydrogens is 168 g/mol. The number of carbonyl (C=O) groups is 1. The highest BCUT2D eigenvalue weighted by molar-refractivity contribution is 5.72. The molecule has 0 saturated carbocycles. The third-order valence-corrected chi connectivity index (χ3v) is 2.33. The number of nitrogens with one attached hydrogen (secondary N) is 2. The normalized spacial score (nSPS) is 25.2. The number of esters is 1. The summed E-state index contributed by atoms with van der Waals surface area (Å²) in [6, 6.07) is 0.216. The number of piperazine rings is 1. The van der Waals surface area contributed by atoms with Crippen LogP contribution in [-0.4, -0.2) is 38.3 Å². The van der Waals surface area contributed by atoms with Gasteiger partial charge in [-0.15, -0.1) is 0 Å². The summed E-state index contributed by atoms with van der Waals surface area (Å²) in [5.74, 6) is -0.170. The van der Waals surface area contributed by atoms with E-state index in [1.165, 1.54) is 0 Å². The zero-order valence-corrected chi connectivity index (χ0v) is 8.30. The maximum atomic E-state index is 11.4. The van der Waals surface area contributed by atoms with Gasteiger partial charge in [-0.3, -0.25) is 4.79 Å². The summed E-state index contributed by atoms with van der Waals surface area (Å²) in [5, 5.41) is 6.54. The van der Waals surface area contributed by atoms with E-state index in [4.69, 9.17) is 4.74 Å². The lowest BCUT2D eigenvalue weighted by atomic mass is 10.0. The van der Waals surface area contributed by atoms with Crippen molar-refractivity contribution in [3.05, 3.63) is 0 Å². The average molecular weight is 186 g/mol. The Hall–Kier alpha value is -0.610. The van der Waals surface area contributed by atoms with Crippen LogP contribution in [0.5, 0.6) is 0 Å². The molecule has 1 fully saturated rings. The van der Waals surface area contributed by atoms with Crippen molar-refractivity contribution in [2.45, 2.75) is 19.9 Å². The first-order chi connectivity index (χ1) is 6.25. The molecule has 0 bridgehead atoms. The van der Waals surface area contributed by atoms with E-state index in [0.29, 0.717) is 6.61 Å². The third kappa shape index (κ3) is 2.97. The van der Waals surface area contributed by atoms with Gasteiger partial charge in [0.25, 0.3) is 0 Å². The van der Waals surface area contributed by atoms with Crippen molar-refractivity contribution in [1.82, 2.24) is 10.6 Å². The quantitative estimate of drug-likeness (QED) is 0.597. The van der Waals surface area contributed by atoms with Crippen LogP contribution in [0.2, 0.25) is 0 Å². The van der Waals surface area contributed by atoms with Crippen molar-refractivity contribution in [1.29, 1.82) is 0 Å². The first-order valence-electron chi connectivity index (χ1n) is 4.86. The molecule has 2 atom stereocenters. The van der Waals surface area contributed by atoms with Crippen molar-refractivity contribution >= 4 is 5.97 Å². The summed E-state index contributed by atoms with van der Waals surface area (Å²) in [6.45, 7) is 6.95. The van der Waals surface area contributed by atoms with Crippen LogP contribution in [-0.2, 0) is 9.53 Å². The molecule has 0 aromatic carbocycles. The van der Waals surface area contributed by atoms with Gasteiger partial charge in [-0.05, 0) is 6.92 Å². The molecule has 0 amide bonds. The third-order valence-electron chi connectivity index (χ3n) is 2.33. The first kappa shape index (κ1) is 10.5. The van der Waals surface area contributed by atoms with E-state index in [2.05, 4.69) is 10.6 Å². The van der Waals surface area contributed by atoms with E-state index >= 15 is 0 Å². The highest BCUT2D eigenvalue weighted by Gasteiger charge is 2.25. The maximum absolute atomic E-state index is 11.4. The molecule has 0 spiro atoms. The van der Waals surface area contributed by atoms with E-state index in [9.17, 15) is 4.79 Å². The molecule has 13 heavy (non-hydrogen) atoms. The van der Waals surface area contributed by atoms with Crippen LogP contribution in [0, 0.1) is 5.92 Å². The second kappa shape index (κ2) is 5.19. The van der Waals surface area contributed by atoms with Crippen LogP contribution >= 0.6 is 0 Å². The number of hydrogen-bond acceptors (Lipinski definition) is 4. The molecule has 1 saturated heterocycles. The fourth-order valence-corrected chi connectivity index (χ4v) is 1.47. The van der Waals surface area contributed by atoms with Gasteiger partial charge in [0.15, 0.2) is 0 Å². The van der Waals surface area contributed by atoms with E-state index in [-0.39, 0.29) is 17.9 Å². The summed E-state index contributed by atoms with van der Waals surface area (Å²) in [5.41, 5.74) is 0. The van der Waals surface area contributed by atoms with Gasteiger partial charge in [0.2, 0.25) is 0 Å². The van der Waals surface area contributed by atoms with Crippen LogP contribution in [0.3, 0.4) is 0 Å². The van der Waals surface area contributed by atoms with Gasteiger partial charge in [0.1, 0.15) is 0 Å². The fraction of sp³-hybridized carbons (Fsp3) is 0.889. The van der Waals surface area contributed by atoms with Crippen LogP contribution in [0.25, 0.3) is 0 Å². The second-order valence-electron chi connectivity index (χ2n) is 3.31. The van der Waals surface area contributed by atoms with E-state index in [1.807, 2.05) is 13.8 Å². The molecule has 0 aromatic rings. The Bertz CT molecular complexity index is 167. The Morgan fingerprint density at radius 2 is 2.38 bits per heavy atom. The van der Waals surface area contributed by atoms with Crippen molar-refractivity contribution in [3.63, 3.8) is 0 Å². The van der Waals surface area contributed by atoms with E-state index in [1.54, 1.807) is 0 Å². The smallest absolute Gasteiger partial charge is 0.310 e. The Balaban J connectivity index is 2.35. The predicted molar refractivity (Wildman–Crippen MR) is 50.5 cm³/mol. The standard InChI is InChI=1S/C9H18N2O2/c1-3-13-9(12)7(2)8-6-10-4-5-11-8/h7-8,10-11H,3-6H2,1-2H3. The monoisotopic (exact) mass is 186 g/mol. The molecule has 4 nitrogen and oxygen atoms in total. The topological polar surface area (TPSA) is 50.4 Å². The van der Waals surface area contributed by atoms with Gasteiger partial charge in [0, 0.05) is 25.7 Å². The van der Waals surface area contributed by atoms with Crippen LogP contribution in [0.4, 0.5) is 0 Å². The van der Waals surface area contributed by atoms with Gasteiger partial charge in [-0.2, -0.15) is 0 Å². The van der Waals surface area contributed by atoms with Gasteiger partial charge in [-0.1, -0.05) is 6.92 Å². The van der Waals surface area contributed by atoms with Crippen molar-refractivity contribution < 1.29 is 9.53 Å². The zero-order valence-electron chi connectivity index (χ0n) is 8.30. The van der Waals surface area contributed by atoms with Gasteiger partial charge < -0.3 is 15.4 Å². The molecule has 4 heteroatoms. The Kier molecular flexibility index (Phi) is 4.18. The largest absolute Gasteiger partial charge is 0.466 e. The minimum atomic E-state index is -0.108. The number of hydrogen-bond donors (Lipinski definition) is 2. The average Bonchev–Trinajstić information content (AvgIpc) is 2.18. The Morgan fingerprint density at radius 1 is 1.62 bits per heavy atom. The molecule has 2 N–H and O–H groups in total. The fourth-order valence-electron chi connectivity index (χ4n) is 1.47. The minimum Gasteiger partial charge on any atom is -0.466 e.